The summed E-state index contributed by atoms with van der Waals surface area (Å²) in [6.45, 7) is 12.1. The highest BCUT2D eigenvalue weighted by atomic mass is 16.3. The van der Waals surface area contributed by atoms with Crippen LogP contribution in [-0.2, 0) is 11.3 Å². The zero-order valence-electron chi connectivity index (χ0n) is 19.4. The van der Waals surface area contributed by atoms with Crippen LogP contribution in [0.2, 0.25) is 0 Å². The molecule has 4 rings (SSSR count). The first-order valence-corrected chi connectivity index (χ1v) is 11.2. The average molecular weight is 427 g/mol. The number of carbonyl (C=O) groups is 2. The Morgan fingerprint density at radius 2 is 2.00 bits per heavy atom. The molecular weight excluding hydrogens is 392 g/mol. The fourth-order valence-electron chi connectivity index (χ4n) is 5.98. The standard InChI is InChI=1S/C25H34N2O4/c1-17-11-21(18(2)31-17)23(29)26(14-20-7-6-10-30-20)9-8-22(28)27-16-25(5)13-19(27)12-24(3,4)15-25/h6-7,10-11,19H,8-9,12-16H2,1-5H3. The lowest BCUT2D eigenvalue weighted by Gasteiger charge is -2.39. The molecule has 31 heavy (non-hydrogen) atoms. The molecule has 168 valence electrons. The topological polar surface area (TPSA) is 66.9 Å². The van der Waals surface area contributed by atoms with Gasteiger partial charge in [-0.3, -0.25) is 9.59 Å². The normalized spacial score (nSPS) is 24.4. The van der Waals surface area contributed by atoms with Crippen LogP contribution in [0, 0.1) is 24.7 Å². The first kappa shape index (κ1) is 21.7. The molecule has 1 aliphatic heterocycles. The Morgan fingerprint density at radius 3 is 2.65 bits per heavy atom. The minimum Gasteiger partial charge on any atom is -0.467 e. The number of rotatable bonds is 6. The molecule has 2 unspecified atom stereocenters. The van der Waals surface area contributed by atoms with Gasteiger partial charge in [-0.2, -0.15) is 0 Å². The first-order chi connectivity index (χ1) is 14.6. The fourth-order valence-corrected chi connectivity index (χ4v) is 5.98. The van der Waals surface area contributed by atoms with E-state index >= 15 is 0 Å². The smallest absolute Gasteiger partial charge is 0.257 e. The highest BCUT2D eigenvalue weighted by molar-refractivity contribution is 5.95. The van der Waals surface area contributed by atoms with Crippen molar-refractivity contribution < 1.29 is 18.4 Å². The fraction of sp³-hybridized carbons (Fsp3) is 0.600. The maximum absolute atomic E-state index is 13.3. The lowest BCUT2D eigenvalue weighted by Crippen LogP contribution is -2.40. The summed E-state index contributed by atoms with van der Waals surface area (Å²) in [6, 6.07) is 5.74. The third-order valence-electron chi connectivity index (χ3n) is 6.82. The highest BCUT2D eigenvalue weighted by Gasteiger charge is 2.50. The van der Waals surface area contributed by atoms with Crippen LogP contribution in [0.5, 0.6) is 0 Å². The van der Waals surface area contributed by atoms with Crippen LogP contribution in [0.15, 0.2) is 33.3 Å². The van der Waals surface area contributed by atoms with Crippen molar-refractivity contribution in [2.75, 3.05) is 13.1 Å². The molecule has 0 N–H and O–H groups in total. The monoisotopic (exact) mass is 426 g/mol. The van der Waals surface area contributed by atoms with E-state index in [2.05, 4.69) is 25.7 Å². The number of likely N-dealkylation sites (tertiary alicyclic amines) is 1. The second kappa shape index (κ2) is 7.88. The molecule has 2 bridgehead atoms. The van der Waals surface area contributed by atoms with Crippen LogP contribution < -0.4 is 0 Å². The third kappa shape index (κ3) is 4.58. The van der Waals surface area contributed by atoms with Gasteiger partial charge in [0, 0.05) is 25.6 Å². The predicted octanol–water partition coefficient (Wildman–Crippen LogP) is 4.95. The number of hydrogen-bond acceptors (Lipinski definition) is 4. The summed E-state index contributed by atoms with van der Waals surface area (Å²) in [7, 11) is 0. The van der Waals surface area contributed by atoms with Crippen molar-refractivity contribution in [3.63, 3.8) is 0 Å². The summed E-state index contributed by atoms with van der Waals surface area (Å²) in [6.07, 6.45) is 5.21. The number of fused-ring (bicyclic) bond motifs is 2. The van der Waals surface area contributed by atoms with E-state index in [-0.39, 0.29) is 22.6 Å². The van der Waals surface area contributed by atoms with Gasteiger partial charge in [0.15, 0.2) is 0 Å². The molecule has 0 radical (unpaired) electrons. The van der Waals surface area contributed by atoms with Crippen LogP contribution in [0.4, 0.5) is 0 Å². The molecule has 0 aromatic carbocycles. The van der Waals surface area contributed by atoms with Gasteiger partial charge in [0.05, 0.1) is 18.4 Å². The Kier molecular flexibility index (Phi) is 5.52. The molecule has 2 amide bonds. The van der Waals surface area contributed by atoms with Crippen molar-refractivity contribution in [2.45, 2.75) is 72.9 Å². The van der Waals surface area contributed by atoms with Gasteiger partial charge >= 0.3 is 0 Å². The molecule has 2 aliphatic rings. The zero-order chi connectivity index (χ0) is 22.4. The molecule has 6 nitrogen and oxygen atoms in total. The van der Waals surface area contributed by atoms with E-state index in [4.69, 9.17) is 8.83 Å². The van der Waals surface area contributed by atoms with Gasteiger partial charge < -0.3 is 18.6 Å². The molecule has 0 spiro atoms. The summed E-state index contributed by atoms with van der Waals surface area (Å²) in [5, 5.41) is 0. The molecule has 2 atom stereocenters. The second-order valence-electron chi connectivity index (χ2n) is 10.6. The van der Waals surface area contributed by atoms with Crippen LogP contribution in [0.3, 0.4) is 0 Å². The maximum atomic E-state index is 13.3. The molecule has 1 saturated heterocycles. The lowest BCUT2D eigenvalue weighted by atomic mass is 9.65. The Morgan fingerprint density at radius 1 is 1.23 bits per heavy atom. The molecule has 2 fully saturated rings. The Labute approximate surface area is 184 Å². The summed E-state index contributed by atoms with van der Waals surface area (Å²) < 4.78 is 11.0. The van der Waals surface area contributed by atoms with E-state index in [1.165, 1.54) is 0 Å². The molecule has 6 heteroatoms. The number of hydrogen-bond donors (Lipinski definition) is 0. The number of nitrogens with zero attached hydrogens (tertiary/aromatic N) is 2. The van der Waals surface area contributed by atoms with Crippen LogP contribution in [0.1, 0.15) is 74.1 Å². The first-order valence-electron chi connectivity index (χ1n) is 11.2. The average Bonchev–Trinajstić information content (AvgIpc) is 3.35. The summed E-state index contributed by atoms with van der Waals surface area (Å²) >= 11 is 0. The van der Waals surface area contributed by atoms with Gasteiger partial charge in [-0.1, -0.05) is 20.8 Å². The molecule has 2 aromatic heterocycles. The van der Waals surface area contributed by atoms with E-state index in [0.29, 0.717) is 48.4 Å². The Bertz CT molecular complexity index is 958. The molecule has 2 aromatic rings. The minimum absolute atomic E-state index is 0.133. The van der Waals surface area contributed by atoms with E-state index in [1.54, 1.807) is 24.2 Å². The summed E-state index contributed by atoms with van der Waals surface area (Å²) in [4.78, 5) is 30.3. The molecular formula is C25H34N2O4. The van der Waals surface area contributed by atoms with E-state index in [1.807, 2.05) is 19.1 Å². The van der Waals surface area contributed by atoms with Crippen LogP contribution in [-0.4, -0.2) is 40.7 Å². The van der Waals surface area contributed by atoms with Gasteiger partial charge in [0.1, 0.15) is 17.3 Å². The van der Waals surface area contributed by atoms with Gasteiger partial charge in [-0.05, 0) is 62.1 Å². The summed E-state index contributed by atoms with van der Waals surface area (Å²) in [5.41, 5.74) is 1.02. The summed E-state index contributed by atoms with van der Waals surface area (Å²) in [5.74, 6) is 2.01. The van der Waals surface area contributed by atoms with Crippen molar-refractivity contribution in [3.8, 4) is 0 Å². The van der Waals surface area contributed by atoms with Crippen LogP contribution in [0.25, 0.3) is 0 Å². The Hall–Kier alpha value is -2.50. The Balaban J connectivity index is 1.47. The minimum atomic E-state index is -0.133. The SMILES string of the molecule is Cc1cc(C(=O)N(CCC(=O)N2CC3(C)CC2CC(C)(C)C3)Cc2ccco2)c(C)o1. The largest absolute Gasteiger partial charge is 0.467 e. The third-order valence-corrected chi connectivity index (χ3v) is 6.82. The van der Waals surface area contributed by atoms with Crippen molar-refractivity contribution in [2.24, 2.45) is 10.8 Å². The number of furan rings is 2. The van der Waals surface area contributed by atoms with Gasteiger partial charge in [-0.25, -0.2) is 0 Å². The van der Waals surface area contributed by atoms with E-state index in [9.17, 15) is 9.59 Å². The van der Waals surface area contributed by atoms with Crippen molar-refractivity contribution in [1.82, 2.24) is 9.80 Å². The van der Waals surface area contributed by atoms with Gasteiger partial charge in [-0.15, -0.1) is 0 Å². The van der Waals surface area contributed by atoms with Crippen molar-refractivity contribution >= 4 is 11.8 Å². The van der Waals surface area contributed by atoms with Gasteiger partial charge in [0.25, 0.3) is 5.91 Å². The van der Waals surface area contributed by atoms with Crippen molar-refractivity contribution in [1.29, 1.82) is 0 Å². The second-order valence-corrected chi connectivity index (χ2v) is 10.6. The van der Waals surface area contributed by atoms with Crippen molar-refractivity contribution in [3.05, 3.63) is 47.3 Å². The zero-order valence-corrected chi connectivity index (χ0v) is 19.4. The van der Waals surface area contributed by atoms with E-state index < -0.39 is 0 Å². The molecule has 1 aliphatic carbocycles. The number of carbonyl (C=O) groups excluding carboxylic acids is 2. The molecule has 1 saturated carbocycles. The quantitative estimate of drug-likeness (QED) is 0.655. The molecule has 3 heterocycles. The highest BCUT2D eigenvalue weighted by Crippen LogP contribution is 2.52. The lowest BCUT2D eigenvalue weighted by molar-refractivity contribution is -0.132. The van der Waals surface area contributed by atoms with Gasteiger partial charge in [0.2, 0.25) is 5.91 Å². The maximum Gasteiger partial charge on any atom is 0.257 e. The number of amides is 2. The van der Waals surface area contributed by atoms with Crippen LogP contribution >= 0.6 is 0 Å². The predicted molar refractivity (Wildman–Crippen MR) is 117 cm³/mol. The van der Waals surface area contributed by atoms with E-state index in [0.717, 1.165) is 25.8 Å². The number of aryl methyl sites for hydroxylation is 2.